The van der Waals surface area contributed by atoms with Gasteiger partial charge in [-0.05, 0) is 18.6 Å². The molecule has 144 valence electrons. The number of nitrogens with zero attached hydrogens (tertiary/aromatic N) is 2. The molecule has 2 rings (SSSR count). The molecule has 0 bridgehead atoms. The van der Waals surface area contributed by atoms with Crippen LogP contribution in [0.2, 0.25) is 0 Å². The van der Waals surface area contributed by atoms with E-state index in [9.17, 15) is 28.4 Å². The molecule has 0 saturated carbocycles. The Morgan fingerprint density at radius 3 is 2.40 bits per heavy atom. The maximum Gasteiger partial charge on any atom is 0.389 e. The van der Waals surface area contributed by atoms with E-state index in [0.717, 1.165) is 6.07 Å². The van der Waals surface area contributed by atoms with E-state index in [2.05, 4.69) is 5.32 Å². The summed E-state index contributed by atoms with van der Waals surface area (Å²) in [5.41, 5.74) is -0.144. The van der Waals surface area contributed by atoms with Gasteiger partial charge in [0.05, 0.1) is 10.5 Å². The lowest BCUT2D eigenvalue weighted by Crippen LogP contribution is -2.45. The van der Waals surface area contributed by atoms with Gasteiger partial charge < -0.3 is 10.4 Å². The first kappa shape index (κ1) is 23.7. The first-order valence-electron chi connectivity index (χ1n) is 7.27. The number of nitrogens with one attached hydrogen (secondary N) is 1. The fraction of sp³-hybridized carbons (Fsp3) is 0.571. The molecule has 25 heavy (non-hydrogen) atoms. The van der Waals surface area contributed by atoms with Crippen LogP contribution < -0.4 is 5.32 Å². The molecule has 1 aromatic rings. The Kier molecular flexibility index (Phi) is 9.49. The maximum atomic E-state index is 12.6. The summed E-state index contributed by atoms with van der Waals surface area (Å²) in [5, 5.41) is 23.9. The fourth-order valence-electron chi connectivity index (χ4n) is 2.80. The van der Waals surface area contributed by atoms with Crippen LogP contribution in [-0.4, -0.2) is 47.3 Å². The SMILES string of the molecule is Cl.Cl.O=[N+]([O-])c1ccc(O)cc1[C@H](CCC(F)(F)F)N1CCNCC1. The van der Waals surface area contributed by atoms with Gasteiger partial charge in [0, 0.05) is 44.7 Å². The molecular weight excluding hydrogens is 386 g/mol. The lowest BCUT2D eigenvalue weighted by molar-refractivity contribution is -0.386. The van der Waals surface area contributed by atoms with Gasteiger partial charge in [0.2, 0.25) is 0 Å². The monoisotopic (exact) mass is 405 g/mol. The minimum Gasteiger partial charge on any atom is -0.508 e. The van der Waals surface area contributed by atoms with E-state index in [0.29, 0.717) is 26.2 Å². The van der Waals surface area contributed by atoms with E-state index in [1.807, 2.05) is 0 Å². The number of halogens is 5. The highest BCUT2D eigenvalue weighted by molar-refractivity contribution is 5.85. The minimum atomic E-state index is -4.34. The van der Waals surface area contributed by atoms with Crippen LogP contribution in [0.5, 0.6) is 5.75 Å². The van der Waals surface area contributed by atoms with Crippen LogP contribution in [0.15, 0.2) is 18.2 Å². The Balaban J connectivity index is 0.00000288. The highest BCUT2D eigenvalue weighted by Crippen LogP contribution is 2.37. The van der Waals surface area contributed by atoms with Crippen molar-refractivity contribution in [3.05, 3.63) is 33.9 Å². The van der Waals surface area contributed by atoms with Gasteiger partial charge in [0.25, 0.3) is 5.69 Å². The number of phenolic OH excluding ortho intramolecular Hbond substituents is 1. The Labute approximate surface area is 155 Å². The molecule has 2 N–H and O–H groups in total. The maximum absolute atomic E-state index is 12.6. The predicted molar refractivity (Wildman–Crippen MR) is 91.7 cm³/mol. The number of nitro benzene ring substituents is 1. The van der Waals surface area contributed by atoms with Crippen LogP contribution in [0, 0.1) is 10.1 Å². The number of piperazine rings is 1. The number of nitro groups is 1. The third kappa shape index (κ3) is 6.85. The second-order valence-corrected chi connectivity index (χ2v) is 5.46. The summed E-state index contributed by atoms with van der Waals surface area (Å²) in [6.45, 7) is 2.20. The van der Waals surface area contributed by atoms with Gasteiger partial charge in [0.1, 0.15) is 5.75 Å². The van der Waals surface area contributed by atoms with Crippen molar-refractivity contribution in [1.82, 2.24) is 10.2 Å². The molecule has 0 unspecified atom stereocenters. The average Bonchev–Trinajstić information content (AvgIpc) is 2.47. The van der Waals surface area contributed by atoms with Crippen LogP contribution in [-0.2, 0) is 0 Å². The average molecular weight is 406 g/mol. The van der Waals surface area contributed by atoms with Crippen LogP contribution >= 0.6 is 24.8 Å². The minimum absolute atomic E-state index is 0. The highest BCUT2D eigenvalue weighted by Gasteiger charge is 2.34. The zero-order valence-corrected chi connectivity index (χ0v) is 14.8. The summed E-state index contributed by atoms with van der Waals surface area (Å²) in [4.78, 5) is 12.4. The first-order valence-corrected chi connectivity index (χ1v) is 7.27. The summed E-state index contributed by atoms with van der Waals surface area (Å²) in [7, 11) is 0. The number of rotatable bonds is 5. The van der Waals surface area contributed by atoms with E-state index in [4.69, 9.17) is 0 Å². The van der Waals surface area contributed by atoms with Crippen LogP contribution in [0.1, 0.15) is 24.4 Å². The molecule has 1 saturated heterocycles. The van der Waals surface area contributed by atoms with E-state index in [1.54, 1.807) is 4.90 Å². The molecule has 1 aliphatic heterocycles. The fourth-order valence-corrected chi connectivity index (χ4v) is 2.80. The lowest BCUT2D eigenvalue weighted by Gasteiger charge is -2.35. The first-order chi connectivity index (χ1) is 10.8. The molecule has 6 nitrogen and oxygen atoms in total. The van der Waals surface area contributed by atoms with E-state index >= 15 is 0 Å². The Bertz CT molecular complexity index is 570. The summed E-state index contributed by atoms with van der Waals surface area (Å²) in [6.07, 6.45) is -5.65. The zero-order chi connectivity index (χ0) is 17.0. The number of hydrogen-bond donors (Lipinski definition) is 2. The summed E-state index contributed by atoms with van der Waals surface area (Å²) in [6, 6.07) is 2.74. The van der Waals surface area contributed by atoms with Crippen molar-refractivity contribution in [2.45, 2.75) is 25.1 Å². The molecule has 0 aliphatic carbocycles. The highest BCUT2D eigenvalue weighted by atomic mass is 35.5. The van der Waals surface area contributed by atoms with Gasteiger partial charge in [-0.25, -0.2) is 0 Å². The van der Waals surface area contributed by atoms with Crippen molar-refractivity contribution in [1.29, 1.82) is 0 Å². The topological polar surface area (TPSA) is 78.6 Å². The van der Waals surface area contributed by atoms with Crippen molar-refractivity contribution >= 4 is 30.5 Å². The number of hydrogen-bond acceptors (Lipinski definition) is 5. The lowest BCUT2D eigenvalue weighted by atomic mass is 9.97. The van der Waals surface area contributed by atoms with Gasteiger partial charge in [-0.15, -0.1) is 24.8 Å². The van der Waals surface area contributed by atoms with E-state index in [1.165, 1.54) is 12.1 Å². The summed E-state index contributed by atoms with van der Waals surface area (Å²) in [5.74, 6) is -0.197. The Morgan fingerprint density at radius 2 is 1.88 bits per heavy atom. The van der Waals surface area contributed by atoms with Gasteiger partial charge in [-0.1, -0.05) is 0 Å². The van der Waals surface area contributed by atoms with Crippen molar-refractivity contribution < 1.29 is 23.2 Å². The van der Waals surface area contributed by atoms with E-state index in [-0.39, 0.29) is 48.2 Å². The van der Waals surface area contributed by atoms with E-state index < -0.39 is 23.6 Å². The third-order valence-electron chi connectivity index (χ3n) is 3.86. The zero-order valence-electron chi connectivity index (χ0n) is 13.2. The van der Waals surface area contributed by atoms with Crippen LogP contribution in [0.25, 0.3) is 0 Å². The third-order valence-corrected chi connectivity index (χ3v) is 3.86. The van der Waals surface area contributed by atoms with Gasteiger partial charge in [-0.2, -0.15) is 13.2 Å². The van der Waals surface area contributed by atoms with Crippen LogP contribution in [0.4, 0.5) is 18.9 Å². The molecule has 1 aliphatic rings. The van der Waals surface area contributed by atoms with Gasteiger partial charge >= 0.3 is 6.18 Å². The normalized spacial score (nSPS) is 16.4. The molecule has 0 amide bonds. The number of benzene rings is 1. The largest absolute Gasteiger partial charge is 0.508 e. The molecule has 1 heterocycles. The molecule has 1 atom stereocenters. The molecule has 0 spiro atoms. The quantitative estimate of drug-likeness (QED) is 0.579. The van der Waals surface area contributed by atoms with Crippen LogP contribution in [0.3, 0.4) is 0 Å². The van der Waals surface area contributed by atoms with Gasteiger partial charge in [-0.3, -0.25) is 15.0 Å². The molecule has 0 aromatic heterocycles. The second-order valence-electron chi connectivity index (χ2n) is 5.46. The van der Waals surface area contributed by atoms with Crippen molar-refractivity contribution in [3.8, 4) is 5.75 Å². The molecule has 1 fully saturated rings. The molecule has 0 radical (unpaired) electrons. The number of aromatic hydroxyl groups is 1. The molecule has 1 aromatic carbocycles. The van der Waals surface area contributed by atoms with Crippen molar-refractivity contribution in [2.24, 2.45) is 0 Å². The van der Waals surface area contributed by atoms with Crippen molar-refractivity contribution in [3.63, 3.8) is 0 Å². The molecule has 11 heteroatoms. The number of alkyl halides is 3. The van der Waals surface area contributed by atoms with Crippen molar-refractivity contribution in [2.75, 3.05) is 26.2 Å². The van der Waals surface area contributed by atoms with Gasteiger partial charge in [0.15, 0.2) is 0 Å². The standard InChI is InChI=1S/C14H18F3N3O3.2ClH/c15-14(16,17)4-3-12(19-7-5-18-6-8-19)11-9-10(21)1-2-13(11)20(22)23;;/h1-2,9,12,18,21H,3-8H2;2*1H/t12-;;/m0../s1. The predicted octanol–water partition coefficient (Wildman–Crippen LogP) is 3.43. The second kappa shape index (κ2) is 10.0. The molecular formula is C14H20Cl2F3N3O3. The Morgan fingerprint density at radius 1 is 1.28 bits per heavy atom. The number of phenols is 1. The summed E-state index contributed by atoms with van der Waals surface area (Å²) < 4.78 is 37.9. The summed E-state index contributed by atoms with van der Waals surface area (Å²) >= 11 is 0. The Hall–Kier alpha value is -1.29. The smallest absolute Gasteiger partial charge is 0.389 e.